The molecular weight excluding hydrogens is 528 g/mol. The lowest BCUT2D eigenvalue weighted by atomic mass is 9.47. The SMILES string of the molecule is CCCCCCCCCCCCCCCCCCCC(=O)OCCC(CO)CCC1(C)C(C)CCC2(C)C(C)=CCCC21. The second-order valence-corrected chi connectivity index (χ2v) is 15.4. The fourth-order valence-corrected chi connectivity index (χ4v) is 8.58. The van der Waals surface area contributed by atoms with Gasteiger partial charge in [0.1, 0.15) is 0 Å². The topological polar surface area (TPSA) is 46.5 Å². The van der Waals surface area contributed by atoms with Crippen molar-refractivity contribution in [2.75, 3.05) is 13.2 Å². The molecule has 2 aliphatic rings. The maximum Gasteiger partial charge on any atom is 0.305 e. The van der Waals surface area contributed by atoms with Crippen molar-refractivity contribution in [1.82, 2.24) is 0 Å². The summed E-state index contributed by atoms with van der Waals surface area (Å²) in [6.45, 7) is 12.8. The number of rotatable bonds is 25. The van der Waals surface area contributed by atoms with Gasteiger partial charge < -0.3 is 9.84 Å². The van der Waals surface area contributed by atoms with Gasteiger partial charge in [0.05, 0.1) is 6.61 Å². The predicted octanol–water partition coefficient (Wildman–Crippen LogP) is 12.1. The van der Waals surface area contributed by atoms with Crippen molar-refractivity contribution in [2.45, 2.75) is 195 Å². The number of carbonyl (C=O) groups excluding carboxylic acids is 1. The zero-order valence-corrected chi connectivity index (χ0v) is 29.7. The molecule has 5 atom stereocenters. The van der Waals surface area contributed by atoms with Crippen molar-refractivity contribution < 1.29 is 14.6 Å². The Hall–Kier alpha value is -0.830. The number of aliphatic hydroxyl groups is 1. The Balaban J connectivity index is 1.46. The second-order valence-electron chi connectivity index (χ2n) is 15.4. The molecule has 0 aromatic carbocycles. The van der Waals surface area contributed by atoms with Gasteiger partial charge in [-0.1, -0.05) is 142 Å². The number of hydrogen-bond donors (Lipinski definition) is 1. The Bertz CT molecular complexity index is 759. The summed E-state index contributed by atoms with van der Waals surface area (Å²) in [6.07, 6.45) is 34.1. The molecule has 0 bridgehead atoms. The lowest BCUT2D eigenvalue weighted by Gasteiger charge is -2.58. The van der Waals surface area contributed by atoms with Gasteiger partial charge in [0.15, 0.2) is 0 Å². The Morgan fingerprint density at radius 1 is 0.860 bits per heavy atom. The zero-order chi connectivity index (χ0) is 31.4. The minimum absolute atomic E-state index is 0.0502. The summed E-state index contributed by atoms with van der Waals surface area (Å²) in [6, 6.07) is 0. The molecule has 0 aliphatic heterocycles. The summed E-state index contributed by atoms with van der Waals surface area (Å²) >= 11 is 0. The highest BCUT2D eigenvalue weighted by molar-refractivity contribution is 5.69. The molecule has 0 aromatic rings. The van der Waals surface area contributed by atoms with E-state index in [4.69, 9.17) is 4.74 Å². The number of unbranched alkanes of at least 4 members (excludes halogenated alkanes) is 16. The van der Waals surface area contributed by atoms with E-state index in [0.29, 0.717) is 23.9 Å². The van der Waals surface area contributed by atoms with Crippen molar-refractivity contribution in [3.05, 3.63) is 11.6 Å². The molecule has 0 radical (unpaired) electrons. The molecule has 252 valence electrons. The van der Waals surface area contributed by atoms with Crippen molar-refractivity contribution in [2.24, 2.45) is 28.6 Å². The molecule has 3 heteroatoms. The smallest absolute Gasteiger partial charge is 0.305 e. The highest BCUT2D eigenvalue weighted by Gasteiger charge is 2.52. The number of carbonyl (C=O) groups is 1. The first-order valence-electron chi connectivity index (χ1n) is 19.2. The van der Waals surface area contributed by atoms with E-state index in [1.165, 1.54) is 128 Å². The third kappa shape index (κ3) is 13.6. The third-order valence-corrected chi connectivity index (χ3v) is 12.2. The molecular formula is C40H74O3. The average Bonchev–Trinajstić information content (AvgIpc) is 2.99. The summed E-state index contributed by atoms with van der Waals surface area (Å²) in [7, 11) is 0. The molecule has 0 aromatic heterocycles. The molecule has 3 nitrogen and oxygen atoms in total. The van der Waals surface area contributed by atoms with Gasteiger partial charge in [-0.3, -0.25) is 4.79 Å². The third-order valence-electron chi connectivity index (χ3n) is 12.2. The van der Waals surface area contributed by atoms with Gasteiger partial charge in [0.25, 0.3) is 0 Å². The van der Waals surface area contributed by atoms with Crippen LogP contribution in [0.3, 0.4) is 0 Å². The molecule has 0 spiro atoms. The standard InChI is InChI=1S/C40H74O3/c1-6-7-8-9-10-11-12-13-14-15-16-17-18-19-20-21-22-26-38(42)43-32-29-36(33-41)28-31-40(5)35(3)27-30-39(4)34(2)24-23-25-37(39)40/h24,35-37,41H,6-23,25-33H2,1-5H3. The predicted molar refractivity (Wildman–Crippen MR) is 185 cm³/mol. The quantitative estimate of drug-likeness (QED) is 0.0642. The van der Waals surface area contributed by atoms with Gasteiger partial charge in [-0.2, -0.15) is 0 Å². The number of allylic oxidation sites excluding steroid dienone is 2. The van der Waals surface area contributed by atoms with E-state index in [9.17, 15) is 9.90 Å². The first-order valence-corrected chi connectivity index (χ1v) is 19.2. The maximum atomic E-state index is 12.3. The number of hydrogen-bond acceptors (Lipinski definition) is 3. The first kappa shape index (κ1) is 38.4. The molecule has 5 unspecified atom stereocenters. The van der Waals surface area contributed by atoms with Crippen LogP contribution < -0.4 is 0 Å². The lowest BCUT2D eigenvalue weighted by molar-refractivity contribution is -0.144. The fraction of sp³-hybridized carbons (Fsp3) is 0.925. The van der Waals surface area contributed by atoms with Gasteiger partial charge in [0.2, 0.25) is 0 Å². The molecule has 0 amide bonds. The molecule has 0 saturated heterocycles. The van der Waals surface area contributed by atoms with Gasteiger partial charge in [-0.15, -0.1) is 0 Å². The summed E-state index contributed by atoms with van der Waals surface area (Å²) in [4.78, 5) is 12.3. The summed E-state index contributed by atoms with van der Waals surface area (Å²) in [5.41, 5.74) is 2.27. The van der Waals surface area contributed by atoms with Crippen LogP contribution in [-0.2, 0) is 9.53 Å². The van der Waals surface area contributed by atoms with Crippen LogP contribution in [0.4, 0.5) is 0 Å². The molecule has 2 rings (SSSR count). The number of ether oxygens (including phenoxy) is 1. The summed E-state index contributed by atoms with van der Waals surface area (Å²) in [5, 5.41) is 10.1. The minimum Gasteiger partial charge on any atom is -0.466 e. The van der Waals surface area contributed by atoms with Gasteiger partial charge in [-0.25, -0.2) is 0 Å². The van der Waals surface area contributed by atoms with Crippen LogP contribution in [0.1, 0.15) is 195 Å². The van der Waals surface area contributed by atoms with E-state index in [2.05, 4.69) is 40.7 Å². The summed E-state index contributed by atoms with van der Waals surface area (Å²) < 4.78 is 5.60. The molecule has 1 N–H and O–H groups in total. The summed E-state index contributed by atoms with van der Waals surface area (Å²) in [5.74, 6) is 1.63. The van der Waals surface area contributed by atoms with E-state index in [-0.39, 0.29) is 18.5 Å². The molecule has 43 heavy (non-hydrogen) atoms. The fourth-order valence-electron chi connectivity index (χ4n) is 8.58. The van der Waals surface area contributed by atoms with Crippen LogP contribution >= 0.6 is 0 Å². The average molecular weight is 603 g/mol. The Kier molecular flexibility index (Phi) is 19.5. The zero-order valence-electron chi connectivity index (χ0n) is 29.7. The first-order chi connectivity index (χ1) is 20.8. The Morgan fingerprint density at radius 3 is 1.93 bits per heavy atom. The normalized spacial score (nSPS) is 26.1. The maximum absolute atomic E-state index is 12.3. The van der Waals surface area contributed by atoms with Crippen molar-refractivity contribution >= 4 is 5.97 Å². The monoisotopic (exact) mass is 603 g/mol. The molecule has 2 aliphatic carbocycles. The Labute approximate surface area is 268 Å². The minimum atomic E-state index is -0.0502. The van der Waals surface area contributed by atoms with Crippen LogP contribution in [0.5, 0.6) is 0 Å². The highest BCUT2D eigenvalue weighted by atomic mass is 16.5. The van der Waals surface area contributed by atoms with Crippen molar-refractivity contribution in [3.8, 4) is 0 Å². The largest absolute Gasteiger partial charge is 0.466 e. The Morgan fingerprint density at radius 2 is 1.40 bits per heavy atom. The highest BCUT2D eigenvalue weighted by Crippen LogP contribution is 2.62. The van der Waals surface area contributed by atoms with Gasteiger partial charge in [-0.05, 0) is 86.9 Å². The number of fused-ring (bicyclic) bond motifs is 1. The van der Waals surface area contributed by atoms with Crippen molar-refractivity contribution in [1.29, 1.82) is 0 Å². The van der Waals surface area contributed by atoms with Crippen LogP contribution in [0.2, 0.25) is 0 Å². The molecule has 1 fully saturated rings. The number of esters is 1. The second kappa shape index (κ2) is 21.8. The number of aliphatic hydroxyl groups excluding tert-OH is 1. The van der Waals surface area contributed by atoms with Crippen LogP contribution in [0, 0.1) is 28.6 Å². The van der Waals surface area contributed by atoms with Crippen LogP contribution in [0.25, 0.3) is 0 Å². The van der Waals surface area contributed by atoms with Crippen molar-refractivity contribution in [3.63, 3.8) is 0 Å². The molecule has 1 saturated carbocycles. The molecule has 0 heterocycles. The van der Waals surface area contributed by atoms with E-state index in [0.717, 1.165) is 37.5 Å². The van der Waals surface area contributed by atoms with E-state index < -0.39 is 0 Å². The lowest BCUT2D eigenvalue weighted by Crippen LogP contribution is -2.49. The van der Waals surface area contributed by atoms with E-state index in [1.54, 1.807) is 5.57 Å². The van der Waals surface area contributed by atoms with Gasteiger partial charge >= 0.3 is 5.97 Å². The van der Waals surface area contributed by atoms with E-state index in [1.807, 2.05) is 0 Å². The van der Waals surface area contributed by atoms with Crippen LogP contribution in [-0.4, -0.2) is 24.3 Å². The van der Waals surface area contributed by atoms with Gasteiger partial charge in [0, 0.05) is 13.0 Å². The van der Waals surface area contributed by atoms with E-state index >= 15 is 0 Å². The van der Waals surface area contributed by atoms with Crippen LogP contribution in [0.15, 0.2) is 11.6 Å².